The number of phenolic OH excluding ortho intramolecular Hbond substituents is 2. The van der Waals surface area contributed by atoms with Crippen LogP contribution in [0, 0.1) is 5.41 Å². The fourth-order valence-electron chi connectivity index (χ4n) is 4.85. The van der Waals surface area contributed by atoms with Gasteiger partial charge in [0.15, 0.2) is 28.0 Å². The van der Waals surface area contributed by atoms with Gasteiger partial charge in [0.05, 0.1) is 6.54 Å². The summed E-state index contributed by atoms with van der Waals surface area (Å²) < 4.78 is 1.48. The van der Waals surface area contributed by atoms with Gasteiger partial charge in [0.25, 0.3) is 5.91 Å². The lowest BCUT2D eigenvalue weighted by atomic mass is 9.86. The number of aliphatic carboxylic acids is 2. The lowest BCUT2D eigenvalue weighted by molar-refractivity contribution is -0.674. The van der Waals surface area contributed by atoms with Crippen LogP contribution >= 0.6 is 23.1 Å². The first-order chi connectivity index (χ1) is 22.7. The fraction of sp³-hybridized carbons (Fsp3) is 0.259. The monoisotopic (exact) mass is 701 g/mol. The van der Waals surface area contributed by atoms with E-state index in [2.05, 4.69) is 20.4 Å². The summed E-state index contributed by atoms with van der Waals surface area (Å²) in [4.78, 5) is 65.5. The molecule has 2 amide bonds. The molecular weight excluding hydrogens is 672 g/mol. The number of aromatic hydroxyl groups is 2. The van der Waals surface area contributed by atoms with Crippen molar-refractivity contribution >= 4 is 75.0 Å². The van der Waals surface area contributed by atoms with Crippen LogP contribution in [0.2, 0.25) is 0 Å². The summed E-state index contributed by atoms with van der Waals surface area (Å²) >= 11 is 2.11. The molecular formula is C27H29N10O9S2+. The van der Waals surface area contributed by atoms with Gasteiger partial charge in [-0.2, -0.15) is 0 Å². The average Bonchev–Trinajstić information content (AvgIpc) is 3.48. The van der Waals surface area contributed by atoms with E-state index in [1.54, 1.807) is 6.08 Å². The molecule has 19 nitrogen and oxygen atoms in total. The van der Waals surface area contributed by atoms with Gasteiger partial charge in [0, 0.05) is 23.2 Å². The highest BCUT2D eigenvalue weighted by Crippen LogP contribution is 2.43. The van der Waals surface area contributed by atoms with Crippen molar-refractivity contribution in [1.29, 1.82) is 0 Å². The van der Waals surface area contributed by atoms with E-state index in [1.807, 2.05) is 0 Å². The number of phenols is 2. The van der Waals surface area contributed by atoms with Crippen molar-refractivity contribution in [1.82, 2.24) is 20.2 Å². The lowest BCUT2D eigenvalue weighted by Crippen LogP contribution is -2.73. The number of thiazole rings is 1. The van der Waals surface area contributed by atoms with E-state index in [0.717, 1.165) is 35.2 Å². The highest BCUT2D eigenvalue weighted by atomic mass is 32.2. The Labute approximate surface area is 278 Å². The largest absolute Gasteiger partial charge is 0.504 e. The molecule has 252 valence electrons. The number of fused-ring (bicyclic) bond motifs is 1. The number of oxime groups is 1. The number of hydrogen-bond donors (Lipinski definition) is 9. The van der Waals surface area contributed by atoms with E-state index in [0.29, 0.717) is 0 Å². The van der Waals surface area contributed by atoms with Crippen LogP contribution in [0.15, 0.2) is 47.2 Å². The fourth-order valence-corrected chi connectivity index (χ4v) is 6.91. The van der Waals surface area contributed by atoms with Crippen LogP contribution < -0.4 is 32.8 Å². The van der Waals surface area contributed by atoms with Crippen molar-refractivity contribution in [2.75, 3.05) is 35.2 Å². The number of nitrogens with one attached hydrogen (secondary N) is 1. The number of rotatable bonds is 11. The number of nitrogens with zero attached hydrogens (tertiary/aromatic N) is 5. The number of nitrogen functional groups attached to an aromatic ring is 4. The molecule has 2 aliphatic rings. The number of carboxylic acids is 2. The van der Waals surface area contributed by atoms with Crippen molar-refractivity contribution in [2.24, 2.45) is 10.6 Å². The van der Waals surface area contributed by atoms with Crippen molar-refractivity contribution in [3.63, 3.8) is 0 Å². The minimum absolute atomic E-state index is 0.0500. The number of thioether (sulfide) groups is 1. The van der Waals surface area contributed by atoms with Gasteiger partial charge >= 0.3 is 11.9 Å². The van der Waals surface area contributed by atoms with Crippen LogP contribution in [0.4, 0.5) is 22.5 Å². The number of carbonyl (C=O) groups is 4. The number of β-lactam (4-membered cyclic amide) rings is 1. The van der Waals surface area contributed by atoms with Crippen molar-refractivity contribution in [3.8, 4) is 11.5 Å². The molecule has 0 bridgehead atoms. The summed E-state index contributed by atoms with van der Waals surface area (Å²) in [5, 5.41) is 46.3. The third-order valence-corrected chi connectivity index (χ3v) is 9.73. The molecule has 3 unspecified atom stereocenters. The molecule has 48 heavy (non-hydrogen) atoms. The van der Waals surface area contributed by atoms with E-state index in [4.69, 9.17) is 27.8 Å². The Hall–Kier alpha value is -5.83. The summed E-state index contributed by atoms with van der Waals surface area (Å²) in [5.41, 5.74) is 21.1. The maximum absolute atomic E-state index is 13.4. The van der Waals surface area contributed by atoms with Crippen LogP contribution in [0.5, 0.6) is 11.5 Å². The molecule has 0 aliphatic carbocycles. The van der Waals surface area contributed by atoms with Gasteiger partial charge in [-0.05, 0) is 12.1 Å². The molecule has 3 aromatic rings. The molecule has 2 aliphatic heterocycles. The number of allylic oxidation sites excluding steroid dienone is 1. The molecule has 1 aromatic carbocycles. The first-order valence-electron chi connectivity index (χ1n) is 13.7. The molecule has 2 aromatic heterocycles. The second kappa shape index (κ2) is 13.1. The maximum atomic E-state index is 13.4. The third kappa shape index (κ3) is 6.40. The van der Waals surface area contributed by atoms with Gasteiger partial charge in [-0.3, -0.25) is 14.4 Å². The van der Waals surface area contributed by atoms with Gasteiger partial charge in [0.1, 0.15) is 22.5 Å². The van der Waals surface area contributed by atoms with Crippen molar-refractivity contribution in [2.45, 2.75) is 24.1 Å². The molecule has 0 spiro atoms. The Morgan fingerprint density at radius 1 is 1.21 bits per heavy atom. The van der Waals surface area contributed by atoms with Gasteiger partial charge in [0.2, 0.25) is 30.0 Å². The summed E-state index contributed by atoms with van der Waals surface area (Å²) in [6.45, 7) is -0.0581. The number of carboxylic acid groups (broad SMARTS) is 2. The zero-order valence-electron chi connectivity index (χ0n) is 24.6. The first kappa shape index (κ1) is 33.5. The number of benzene rings is 1. The Morgan fingerprint density at radius 2 is 1.96 bits per heavy atom. The van der Waals surface area contributed by atoms with Crippen LogP contribution in [0.1, 0.15) is 17.4 Å². The quantitative estimate of drug-likeness (QED) is 0.0284. The van der Waals surface area contributed by atoms with Gasteiger partial charge in [-0.15, -0.1) is 23.1 Å². The number of carbonyl (C=O) groups excluding carboxylic acids is 2. The average molecular weight is 702 g/mol. The van der Waals surface area contributed by atoms with Crippen LogP contribution in [-0.2, 0) is 30.6 Å². The summed E-state index contributed by atoms with van der Waals surface area (Å²) in [6.07, 6.45) is 2.58. The summed E-state index contributed by atoms with van der Waals surface area (Å²) in [6, 6.07) is 2.10. The highest BCUT2D eigenvalue weighted by molar-refractivity contribution is 8.00. The van der Waals surface area contributed by atoms with E-state index in [1.165, 1.54) is 33.3 Å². The SMILES string of the molecule is Nc1nc(/C(=N/OC(C(=O)O)c2ccc(O)c(O)c2)C(=O)NC2C(=O)N3CC(/C=C/C[n+]4cnc(N)c(N)c4N)(C(=O)O)CS[C@H]23)cs1. The molecule has 4 atom stereocenters. The predicted octanol–water partition coefficient (Wildman–Crippen LogP) is -1.16. The minimum atomic E-state index is -1.81. The number of anilines is 4. The Bertz CT molecular complexity index is 1870. The van der Waals surface area contributed by atoms with Crippen molar-refractivity contribution < 1.29 is 49.0 Å². The maximum Gasteiger partial charge on any atom is 0.352 e. The Kier molecular flexibility index (Phi) is 9.16. The summed E-state index contributed by atoms with van der Waals surface area (Å²) in [5.74, 6) is -5.04. The minimum Gasteiger partial charge on any atom is -0.504 e. The Balaban J connectivity index is 1.31. The van der Waals surface area contributed by atoms with Gasteiger partial charge < -0.3 is 58.4 Å². The molecule has 0 radical (unpaired) electrons. The molecule has 0 saturated carbocycles. The Morgan fingerprint density at radius 3 is 2.60 bits per heavy atom. The zero-order valence-corrected chi connectivity index (χ0v) is 26.2. The topological polar surface area (TPSA) is 320 Å². The molecule has 2 fully saturated rings. The number of hydrogen-bond acceptors (Lipinski definition) is 16. The second-order valence-electron chi connectivity index (χ2n) is 10.6. The second-order valence-corrected chi connectivity index (χ2v) is 12.6. The van der Waals surface area contributed by atoms with E-state index < -0.39 is 63.9 Å². The number of nitrogens with two attached hydrogens (primary N) is 4. The standard InChI is InChI=1S/C27H28N10O9S2/c28-15-19(29)32-10-36(20(15)30)5-1-4-27(25(44)45)8-37-22(41)17(23(37)48-9-27)34-21(40)16(12-7-47-26(31)33-12)35-46-18(24(42)43)11-2-3-13(38)14(39)6-11/h1-4,6-7,10,17-18,23H,5,8-9H2,(H12,28,29,30,31,33,34,35,38,39,40,42,43,44,45)/p+1/b4-1+/t17?,18?,23-,27?/m1/s1. The number of aromatic nitrogens is 3. The van der Waals surface area contributed by atoms with E-state index >= 15 is 0 Å². The third-order valence-electron chi connectivity index (χ3n) is 7.51. The molecule has 13 N–H and O–H groups in total. The normalized spacial score (nSPS) is 21.3. The van der Waals surface area contributed by atoms with Crippen LogP contribution in [0.3, 0.4) is 0 Å². The molecule has 5 rings (SSSR count). The van der Waals surface area contributed by atoms with E-state index in [-0.39, 0.29) is 52.6 Å². The van der Waals surface area contributed by atoms with Gasteiger partial charge in [-0.25, -0.2) is 14.3 Å². The summed E-state index contributed by atoms with van der Waals surface area (Å²) in [7, 11) is 0. The van der Waals surface area contributed by atoms with Crippen molar-refractivity contribution in [3.05, 3.63) is 53.3 Å². The smallest absolute Gasteiger partial charge is 0.352 e. The zero-order chi connectivity index (χ0) is 34.9. The molecule has 21 heteroatoms. The number of amides is 2. The van der Waals surface area contributed by atoms with Crippen LogP contribution in [0.25, 0.3) is 0 Å². The van der Waals surface area contributed by atoms with Crippen LogP contribution in [-0.4, -0.2) is 88.5 Å². The van der Waals surface area contributed by atoms with E-state index in [9.17, 15) is 39.6 Å². The lowest BCUT2D eigenvalue weighted by Gasteiger charge is -2.53. The predicted molar refractivity (Wildman–Crippen MR) is 171 cm³/mol. The first-order valence-corrected chi connectivity index (χ1v) is 15.7. The highest BCUT2D eigenvalue weighted by Gasteiger charge is 2.57. The molecule has 4 heterocycles. The van der Waals surface area contributed by atoms with Gasteiger partial charge in [-0.1, -0.05) is 28.4 Å². The molecule has 2 saturated heterocycles.